The topological polar surface area (TPSA) is 40.5 Å². The van der Waals surface area contributed by atoms with E-state index in [0.717, 1.165) is 31.2 Å². The van der Waals surface area contributed by atoms with Crippen molar-refractivity contribution in [3.8, 4) is 0 Å². The monoisotopic (exact) mass is 265 g/mol. The van der Waals surface area contributed by atoms with Crippen LogP contribution < -0.4 is 0 Å². The highest BCUT2D eigenvalue weighted by molar-refractivity contribution is 5.69. The molecule has 0 aromatic heterocycles. The molecule has 104 valence electrons. The maximum absolute atomic E-state index is 13.8. The van der Waals surface area contributed by atoms with E-state index in [0.29, 0.717) is 12.1 Å². The fourth-order valence-corrected chi connectivity index (χ4v) is 2.80. The van der Waals surface area contributed by atoms with Crippen LogP contribution in [0.25, 0.3) is 0 Å². The van der Waals surface area contributed by atoms with Crippen molar-refractivity contribution < 1.29 is 14.3 Å². The van der Waals surface area contributed by atoms with Gasteiger partial charge in [-0.2, -0.15) is 0 Å². The lowest BCUT2D eigenvalue weighted by Crippen LogP contribution is -2.37. The molecular weight excluding hydrogens is 245 g/mol. The van der Waals surface area contributed by atoms with E-state index in [1.54, 1.807) is 12.1 Å². The third-order valence-corrected chi connectivity index (χ3v) is 3.75. The summed E-state index contributed by atoms with van der Waals surface area (Å²) in [5.41, 5.74) is 1.59. The van der Waals surface area contributed by atoms with Gasteiger partial charge in [-0.05, 0) is 25.8 Å². The summed E-state index contributed by atoms with van der Waals surface area (Å²) in [5.74, 6) is -1.10. The number of aryl methyl sites for hydroxylation is 1. The molecule has 1 aliphatic carbocycles. The van der Waals surface area contributed by atoms with Gasteiger partial charge in [0.05, 0.1) is 6.54 Å². The zero-order valence-corrected chi connectivity index (χ0v) is 11.2. The van der Waals surface area contributed by atoms with Gasteiger partial charge >= 0.3 is 5.97 Å². The smallest absolute Gasteiger partial charge is 0.317 e. The molecule has 3 nitrogen and oxygen atoms in total. The maximum Gasteiger partial charge on any atom is 0.317 e. The molecule has 0 radical (unpaired) electrons. The standard InChI is InChI=1S/C15H20FNO2/c1-11-6-7-14(16)12(8-11)9-17(10-15(18)19)13-4-2-3-5-13/h6-8,13H,2-5,9-10H2,1H3,(H,18,19). The number of nitrogens with zero attached hydrogens (tertiary/aromatic N) is 1. The minimum absolute atomic E-state index is 0.0158. The predicted molar refractivity (Wildman–Crippen MR) is 71.4 cm³/mol. The van der Waals surface area contributed by atoms with Crippen molar-refractivity contribution in [3.63, 3.8) is 0 Å². The first-order valence-electron chi connectivity index (χ1n) is 6.77. The molecule has 0 unspecified atom stereocenters. The van der Waals surface area contributed by atoms with Gasteiger partial charge in [-0.1, -0.05) is 30.5 Å². The first kappa shape index (κ1) is 14.0. The molecular formula is C15H20FNO2. The quantitative estimate of drug-likeness (QED) is 0.889. The molecule has 0 bridgehead atoms. The molecule has 0 amide bonds. The summed E-state index contributed by atoms with van der Waals surface area (Å²) in [4.78, 5) is 12.9. The van der Waals surface area contributed by atoms with Crippen LogP contribution in [0.1, 0.15) is 36.8 Å². The minimum Gasteiger partial charge on any atom is -0.480 e. The molecule has 4 heteroatoms. The SMILES string of the molecule is Cc1ccc(F)c(CN(CC(=O)O)C2CCCC2)c1. The summed E-state index contributed by atoms with van der Waals surface area (Å²) in [5, 5.41) is 9.01. The van der Waals surface area contributed by atoms with Crippen LogP contribution in [0.5, 0.6) is 0 Å². The predicted octanol–water partition coefficient (Wildman–Crippen LogP) is 2.96. The Morgan fingerprint density at radius 2 is 2.11 bits per heavy atom. The average Bonchev–Trinajstić information content (AvgIpc) is 2.86. The first-order valence-corrected chi connectivity index (χ1v) is 6.77. The fourth-order valence-electron chi connectivity index (χ4n) is 2.80. The molecule has 19 heavy (non-hydrogen) atoms. The van der Waals surface area contributed by atoms with Gasteiger partial charge in [-0.15, -0.1) is 0 Å². The molecule has 0 atom stereocenters. The van der Waals surface area contributed by atoms with Gasteiger partial charge in [-0.25, -0.2) is 4.39 Å². The molecule has 1 aliphatic rings. The average molecular weight is 265 g/mol. The zero-order chi connectivity index (χ0) is 13.8. The largest absolute Gasteiger partial charge is 0.480 e. The molecule has 1 aromatic carbocycles. The lowest BCUT2D eigenvalue weighted by Gasteiger charge is -2.27. The van der Waals surface area contributed by atoms with Gasteiger partial charge in [0.1, 0.15) is 5.82 Å². The highest BCUT2D eigenvalue weighted by atomic mass is 19.1. The number of carbonyl (C=O) groups is 1. The molecule has 1 N–H and O–H groups in total. The van der Waals surface area contributed by atoms with Gasteiger partial charge < -0.3 is 5.11 Å². The minimum atomic E-state index is -0.847. The van der Waals surface area contributed by atoms with E-state index >= 15 is 0 Å². The third-order valence-electron chi connectivity index (χ3n) is 3.75. The van der Waals surface area contributed by atoms with Crippen molar-refractivity contribution in [1.29, 1.82) is 0 Å². The number of benzene rings is 1. The highest BCUT2D eigenvalue weighted by Gasteiger charge is 2.25. The Bertz CT molecular complexity index is 455. The summed E-state index contributed by atoms with van der Waals surface area (Å²) in [6.45, 7) is 2.28. The van der Waals surface area contributed by atoms with E-state index < -0.39 is 5.97 Å². The number of aliphatic carboxylic acids is 1. The van der Waals surface area contributed by atoms with Crippen LogP contribution >= 0.6 is 0 Å². The number of carboxylic acid groups (broad SMARTS) is 1. The number of carboxylic acids is 1. The van der Waals surface area contributed by atoms with Crippen molar-refractivity contribution in [1.82, 2.24) is 4.90 Å². The van der Waals surface area contributed by atoms with Crippen molar-refractivity contribution in [2.24, 2.45) is 0 Å². The molecule has 0 heterocycles. The van der Waals surface area contributed by atoms with Crippen molar-refractivity contribution in [2.45, 2.75) is 45.2 Å². The van der Waals surface area contributed by atoms with Crippen LogP contribution in [0.2, 0.25) is 0 Å². The van der Waals surface area contributed by atoms with Gasteiger partial charge in [0.2, 0.25) is 0 Å². The Morgan fingerprint density at radius 1 is 1.42 bits per heavy atom. The van der Waals surface area contributed by atoms with E-state index in [1.807, 2.05) is 11.8 Å². The summed E-state index contributed by atoms with van der Waals surface area (Å²) < 4.78 is 13.8. The summed E-state index contributed by atoms with van der Waals surface area (Å²) in [6.07, 6.45) is 4.30. The molecule has 1 saturated carbocycles. The van der Waals surface area contributed by atoms with E-state index in [-0.39, 0.29) is 18.4 Å². The molecule has 1 fully saturated rings. The van der Waals surface area contributed by atoms with Gasteiger partial charge in [-0.3, -0.25) is 9.69 Å². The van der Waals surface area contributed by atoms with Crippen LogP contribution in [-0.4, -0.2) is 28.6 Å². The number of hydrogen-bond donors (Lipinski definition) is 1. The Hall–Kier alpha value is -1.42. The molecule has 0 spiro atoms. The van der Waals surface area contributed by atoms with E-state index in [2.05, 4.69) is 0 Å². The maximum atomic E-state index is 13.8. The summed E-state index contributed by atoms with van der Waals surface area (Å²) in [7, 11) is 0. The van der Waals surface area contributed by atoms with E-state index in [9.17, 15) is 9.18 Å². The summed E-state index contributed by atoms with van der Waals surface area (Å²) >= 11 is 0. The lowest BCUT2D eigenvalue weighted by molar-refractivity contribution is -0.139. The third kappa shape index (κ3) is 3.77. The molecule has 0 saturated heterocycles. The van der Waals surface area contributed by atoms with E-state index in [1.165, 1.54) is 6.07 Å². The molecule has 2 rings (SSSR count). The lowest BCUT2D eigenvalue weighted by atomic mass is 10.1. The highest BCUT2D eigenvalue weighted by Crippen LogP contribution is 2.25. The van der Waals surface area contributed by atoms with E-state index in [4.69, 9.17) is 5.11 Å². The zero-order valence-electron chi connectivity index (χ0n) is 11.2. The fraction of sp³-hybridized carbons (Fsp3) is 0.533. The number of hydrogen-bond acceptors (Lipinski definition) is 2. The van der Waals surface area contributed by atoms with Gasteiger partial charge in [0.15, 0.2) is 0 Å². The van der Waals surface area contributed by atoms with Gasteiger partial charge in [0, 0.05) is 18.2 Å². The second kappa shape index (κ2) is 6.15. The number of rotatable bonds is 5. The summed E-state index contributed by atoms with van der Waals surface area (Å²) in [6, 6.07) is 5.27. The number of halogens is 1. The van der Waals surface area contributed by atoms with Crippen molar-refractivity contribution in [2.75, 3.05) is 6.54 Å². The molecule has 0 aliphatic heterocycles. The second-order valence-electron chi connectivity index (χ2n) is 5.33. The van der Waals surface area contributed by atoms with Crippen LogP contribution in [0.15, 0.2) is 18.2 Å². The van der Waals surface area contributed by atoms with Crippen LogP contribution in [0.3, 0.4) is 0 Å². The Labute approximate surface area is 113 Å². The van der Waals surface area contributed by atoms with Gasteiger partial charge in [0.25, 0.3) is 0 Å². The first-order chi connectivity index (χ1) is 9.06. The van der Waals surface area contributed by atoms with Crippen molar-refractivity contribution in [3.05, 3.63) is 35.1 Å². The van der Waals surface area contributed by atoms with Crippen LogP contribution in [0.4, 0.5) is 4.39 Å². The molecule has 1 aromatic rings. The Morgan fingerprint density at radius 3 is 2.74 bits per heavy atom. The van der Waals surface area contributed by atoms with Crippen molar-refractivity contribution >= 4 is 5.97 Å². The second-order valence-corrected chi connectivity index (χ2v) is 5.33. The van der Waals surface area contributed by atoms with Crippen LogP contribution in [-0.2, 0) is 11.3 Å². The Kier molecular flexibility index (Phi) is 4.53. The Balaban J connectivity index is 2.14. The normalized spacial score (nSPS) is 16.2. The van der Waals surface area contributed by atoms with Crippen LogP contribution in [0, 0.1) is 12.7 Å².